The first-order valence-electron chi connectivity index (χ1n) is 7.37. The fourth-order valence-electron chi connectivity index (χ4n) is 1.92. The van der Waals surface area contributed by atoms with Crippen LogP contribution in [0, 0.1) is 6.92 Å². The Hall–Kier alpha value is -1.75. The van der Waals surface area contributed by atoms with Crippen LogP contribution in [0.1, 0.15) is 37.7 Å². The quantitative estimate of drug-likeness (QED) is 0.647. The Bertz CT molecular complexity index is 505. The van der Waals surface area contributed by atoms with Gasteiger partial charge in [-0.25, -0.2) is 0 Å². The van der Waals surface area contributed by atoms with Crippen molar-refractivity contribution in [1.29, 1.82) is 0 Å². The zero-order chi connectivity index (χ0) is 16.4. The van der Waals surface area contributed by atoms with E-state index in [9.17, 15) is 9.59 Å². The second-order valence-electron chi connectivity index (χ2n) is 5.06. The third-order valence-corrected chi connectivity index (χ3v) is 3.63. The topological polar surface area (TPSA) is 75.6 Å². The molecule has 0 heterocycles. The molecule has 1 aromatic carbocycles. The second-order valence-corrected chi connectivity index (χ2v) is 5.47. The summed E-state index contributed by atoms with van der Waals surface area (Å²) in [7, 11) is 0. The standard InChI is InChI=1S/C16H22ClNO4/c1-12-13(17)7-6-8-14(12)22-11-15(19)18-10-5-3-2-4-9-16(20)21/h6-8H,2-5,9-11H2,1H3,(H,18,19)(H,20,21). The highest BCUT2D eigenvalue weighted by Gasteiger charge is 2.06. The number of halogens is 1. The van der Waals surface area contributed by atoms with Gasteiger partial charge in [-0.1, -0.05) is 30.5 Å². The van der Waals surface area contributed by atoms with E-state index >= 15 is 0 Å². The molecule has 0 aromatic heterocycles. The number of rotatable bonds is 10. The molecular weight excluding hydrogens is 306 g/mol. The number of benzene rings is 1. The Morgan fingerprint density at radius 2 is 1.95 bits per heavy atom. The lowest BCUT2D eigenvalue weighted by atomic mass is 10.1. The Labute approximate surface area is 135 Å². The summed E-state index contributed by atoms with van der Waals surface area (Å²) in [5.41, 5.74) is 0.815. The molecule has 1 rings (SSSR count). The fraction of sp³-hybridized carbons (Fsp3) is 0.500. The number of hydrogen-bond donors (Lipinski definition) is 2. The molecule has 22 heavy (non-hydrogen) atoms. The lowest BCUT2D eigenvalue weighted by Crippen LogP contribution is -2.29. The number of aliphatic carboxylic acids is 1. The molecule has 6 heteroatoms. The van der Waals surface area contributed by atoms with E-state index < -0.39 is 5.97 Å². The summed E-state index contributed by atoms with van der Waals surface area (Å²) in [4.78, 5) is 22.0. The number of carbonyl (C=O) groups excluding carboxylic acids is 1. The highest BCUT2D eigenvalue weighted by Crippen LogP contribution is 2.24. The van der Waals surface area contributed by atoms with Crippen molar-refractivity contribution in [3.8, 4) is 5.75 Å². The summed E-state index contributed by atoms with van der Waals surface area (Å²) in [6.45, 7) is 2.37. The van der Waals surface area contributed by atoms with Crippen molar-refractivity contribution in [3.63, 3.8) is 0 Å². The van der Waals surface area contributed by atoms with E-state index in [0.717, 1.165) is 24.8 Å². The Morgan fingerprint density at radius 1 is 1.23 bits per heavy atom. The van der Waals surface area contributed by atoms with Crippen molar-refractivity contribution in [2.24, 2.45) is 0 Å². The molecule has 0 spiro atoms. The monoisotopic (exact) mass is 327 g/mol. The molecule has 1 amide bonds. The van der Waals surface area contributed by atoms with E-state index in [1.54, 1.807) is 18.2 Å². The van der Waals surface area contributed by atoms with E-state index in [1.807, 2.05) is 6.92 Å². The molecule has 0 saturated carbocycles. The minimum absolute atomic E-state index is 0.0415. The van der Waals surface area contributed by atoms with Crippen molar-refractivity contribution in [3.05, 3.63) is 28.8 Å². The second kappa shape index (κ2) is 10.1. The molecule has 122 valence electrons. The van der Waals surface area contributed by atoms with Gasteiger partial charge >= 0.3 is 5.97 Å². The average Bonchev–Trinajstić information content (AvgIpc) is 2.47. The van der Waals surface area contributed by atoms with E-state index in [4.69, 9.17) is 21.4 Å². The Morgan fingerprint density at radius 3 is 2.68 bits per heavy atom. The summed E-state index contributed by atoms with van der Waals surface area (Å²) in [5, 5.41) is 11.9. The minimum Gasteiger partial charge on any atom is -0.483 e. The summed E-state index contributed by atoms with van der Waals surface area (Å²) >= 11 is 5.98. The van der Waals surface area contributed by atoms with Crippen LogP contribution < -0.4 is 10.1 Å². The zero-order valence-electron chi connectivity index (χ0n) is 12.7. The van der Waals surface area contributed by atoms with Gasteiger partial charge in [0.25, 0.3) is 5.91 Å². The van der Waals surface area contributed by atoms with Crippen LogP contribution in [0.15, 0.2) is 18.2 Å². The number of carbonyl (C=O) groups is 2. The highest BCUT2D eigenvalue weighted by molar-refractivity contribution is 6.31. The first-order chi connectivity index (χ1) is 10.5. The van der Waals surface area contributed by atoms with Gasteiger partial charge in [-0.2, -0.15) is 0 Å². The molecule has 0 aliphatic rings. The predicted octanol–water partition coefficient (Wildman–Crippen LogP) is 3.18. The van der Waals surface area contributed by atoms with Crippen LogP contribution in [0.25, 0.3) is 0 Å². The van der Waals surface area contributed by atoms with Gasteiger partial charge in [0.1, 0.15) is 5.75 Å². The molecule has 0 atom stereocenters. The number of amides is 1. The van der Waals surface area contributed by atoms with Crippen molar-refractivity contribution in [1.82, 2.24) is 5.32 Å². The molecule has 0 saturated heterocycles. The van der Waals surface area contributed by atoms with Crippen LogP contribution >= 0.6 is 11.6 Å². The Balaban J connectivity index is 2.11. The van der Waals surface area contributed by atoms with Crippen LogP contribution in [-0.4, -0.2) is 30.1 Å². The number of ether oxygens (including phenoxy) is 1. The predicted molar refractivity (Wildman–Crippen MR) is 85.4 cm³/mol. The largest absolute Gasteiger partial charge is 0.483 e. The van der Waals surface area contributed by atoms with E-state index in [2.05, 4.69) is 5.32 Å². The van der Waals surface area contributed by atoms with Crippen LogP contribution in [0.2, 0.25) is 5.02 Å². The summed E-state index contributed by atoms with van der Waals surface area (Å²) in [6.07, 6.45) is 3.49. The number of nitrogens with one attached hydrogen (secondary N) is 1. The van der Waals surface area contributed by atoms with E-state index in [-0.39, 0.29) is 18.9 Å². The number of carboxylic acids is 1. The normalized spacial score (nSPS) is 10.3. The fourth-order valence-corrected chi connectivity index (χ4v) is 2.09. The number of unbranched alkanes of at least 4 members (excludes halogenated alkanes) is 3. The molecule has 0 radical (unpaired) electrons. The summed E-state index contributed by atoms with van der Waals surface area (Å²) < 4.78 is 5.44. The molecule has 0 bridgehead atoms. The lowest BCUT2D eigenvalue weighted by Gasteiger charge is -2.10. The first-order valence-corrected chi connectivity index (χ1v) is 7.75. The van der Waals surface area contributed by atoms with Gasteiger partial charge in [0.05, 0.1) is 0 Å². The third-order valence-electron chi connectivity index (χ3n) is 3.22. The maximum atomic E-state index is 11.6. The van der Waals surface area contributed by atoms with Gasteiger partial charge in [0.15, 0.2) is 6.61 Å². The van der Waals surface area contributed by atoms with Crippen LogP contribution in [0.4, 0.5) is 0 Å². The highest BCUT2D eigenvalue weighted by atomic mass is 35.5. The molecule has 0 aliphatic carbocycles. The lowest BCUT2D eigenvalue weighted by molar-refractivity contribution is -0.137. The van der Waals surface area contributed by atoms with Gasteiger partial charge in [-0.15, -0.1) is 0 Å². The van der Waals surface area contributed by atoms with Gasteiger partial charge in [0, 0.05) is 23.6 Å². The summed E-state index contributed by atoms with van der Waals surface area (Å²) in [5.74, 6) is -0.331. The van der Waals surface area contributed by atoms with Gasteiger partial charge in [-0.3, -0.25) is 9.59 Å². The van der Waals surface area contributed by atoms with Crippen molar-refractivity contribution in [2.45, 2.75) is 39.0 Å². The SMILES string of the molecule is Cc1c(Cl)cccc1OCC(=O)NCCCCCCC(=O)O. The number of hydrogen-bond acceptors (Lipinski definition) is 3. The van der Waals surface area contributed by atoms with Gasteiger partial charge < -0.3 is 15.2 Å². The molecular formula is C16H22ClNO4. The molecule has 0 aliphatic heterocycles. The van der Waals surface area contributed by atoms with Crippen LogP contribution in [0.5, 0.6) is 5.75 Å². The number of carboxylic acid groups (broad SMARTS) is 1. The first kappa shape index (κ1) is 18.3. The Kier molecular flexibility index (Phi) is 8.36. The van der Waals surface area contributed by atoms with E-state index in [1.165, 1.54) is 0 Å². The zero-order valence-corrected chi connectivity index (χ0v) is 13.5. The van der Waals surface area contributed by atoms with Crippen molar-refractivity contribution >= 4 is 23.5 Å². The minimum atomic E-state index is -0.762. The maximum absolute atomic E-state index is 11.6. The summed E-state index contributed by atoms with van der Waals surface area (Å²) in [6, 6.07) is 5.32. The smallest absolute Gasteiger partial charge is 0.303 e. The third kappa shape index (κ3) is 7.31. The average molecular weight is 328 g/mol. The van der Waals surface area contributed by atoms with Crippen molar-refractivity contribution in [2.75, 3.05) is 13.2 Å². The maximum Gasteiger partial charge on any atom is 0.303 e. The van der Waals surface area contributed by atoms with Gasteiger partial charge in [-0.05, 0) is 31.9 Å². The molecule has 1 aromatic rings. The van der Waals surface area contributed by atoms with Gasteiger partial charge in [0.2, 0.25) is 0 Å². The molecule has 0 fully saturated rings. The molecule has 0 unspecified atom stereocenters. The molecule has 2 N–H and O–H groups in total. The van der Waals surface area contributed by atoms with Crippen LogP contribution in [0.3, 0.4) is 0 Å². The van der Waals surface area contributed by atoms with E-state index in [0.29, 0.717) is 23.7 Å². The van der Waals surface area contributed by atoms with Crippen LogP contribution in [-0.2, 0) is 9.59 Å². The van der Waals surface area contributed by atoms with Crippen molar-refractivity contribution < 1.29 is 19.4 Å². The molecule has 5 nitrogen and oxygen atoms in total.